The molecule has 1 aliphatic rings. The van der Waals surface area contributed by atoms with E-state index in [1.165, 1.54) is 88.7 Å². The molecule has 0 atom stereocenters. The smallest absolute Gasteiger partial charge is 0.0547 e. The van der Waals surface area contributed by atoms with Crippen molar-refractivity contribution in [1.29, 1.82) is 0 Å². The normalized spacial score (nSPS) is 12.6. The van der Waals surface area contributed by atoms with E-state index in [0.29, 0.717) is 0 Å². The van der Waals surface area contributed by atoms with Crippen LogP contribution < -0.4 is 0 Å². The Hall–Kier alpha value is -6.38. The first kappa shape index (κ1) is 28.6. The lowest BCUT2D eigenvalue weighted by Crippen LogP contribution is -1.99. The largest absolute Gasteiger partial charge is 0.310 e. The highest BCUT2D eigenvalue weighted by atomic mass is 15.0. The fourth-order valence-electron chi connectivity index (χ4n) is 8.37. The first-order valence-corrected chi connectivity index (χ1v) is 17.5. The molecule has 0 amide bonds. The molecule has 9 aromatic rings. The van der Waals surface area contributed by atoms with Gasteiger partial charge in [-0.15, -0.1) is 0 Å². The molecule has 0 bridgehead atoms. The van der Waals surface area contributed by atoms with Gasteiger partial charge in [0, 0.05) is 33.2 Å². The molecule has 50 heavy (non-hydrogen) atoms. The van der Waals surface area contributed by atoms with Gasteiger partial charge < -0.3 is 9.13 Å². The molecule has 2 nitrogen and oxygen atoms in total. The average molecular weight is 639 g/mol. The Bertz CT molecular complexity index is 2740. The summed E-state index contributed by atoms with van der Waals surface area (Å²) < 4.78 is 4.85. The Morgan fingerprint density at radius 1 is 0.360 bits per heavy atom. The van der Waals surface area contributed by atoms with Gasteiger partial charge in [0.2, 0.25) is 0 Å². The average Bonchev–Trinajstić information content (AvgIpc) is 3.72. The van der Waals surface area contributed by atoms with Crippen LogP contribution in [0.3, 0.4) is 0 Å². The third-order valence-corrected chi connectivity index (χ3v) is 10.4. The summed E-state index contributed by atoms with van der Waals surface area (Å²) in [4.78, 5) is 0. The molecule has 0 unspecified atom stereocenters. The number of nitrogens with zero attached hydrogens (tertiary/aromatic N) is 2. The maximum Gasteiger partial charge on any atom is 0.0547 e. The minimum atomic E-state index is 1.03. The molecule has 0 saturated carbocycles. The number of aromatic nitrogens is 2. The second-order valence-corrected chi connectivity index (χ2v) is 13.2. The maximum absolute atomic E-state index is 2.45. The molecule has 7 aromatic carbocycles. The van der Waals surface area contributed by atoms with Crippen molar-refractivity contribution in [3.8, 4) is 44.8 Å². The number of fused-ring (bicyclic) bond motifs is 6. The second kappa shape index (κ2) is 11.6. The van der Waals surface area contributed by atoms with Gasteiger partial charge in [-0.1, -0.05) is 133 Å². The predicted molar refractivity (Wildman–Crippen MR) is 211 cm³/mol. The molecule has 2 heteroatoms. The number of hydrogen-bond donors (Lipinski definition) is 0. The number of rotatable bonds is 5. The fraction of sp³-hybridized carbons (Fsp3) is 0.0417. The van der Waals surface area contributed by atoms with Crippen molar-refractivity contribution in [2.75, 3.05) is 0 Å². The highest BCUT2D eigenvalue weighted by Gasteiger charge is 2.23. The Kier molecular flexibility index (Phi) is 6.67. The standard InChI is InChI=1S/C48H34N2/c1-3-17-33(18-4-1)49-43-29-13-11-25-41(43)47-39(27-15-31-45(47)49)37-23-9-7-21-35(37)36-22-8-10-24-38(36)40-28-16-32-46-48(40)42-26-12-14-30-44(42)50(46)34-19-5-2-6-20-34/h1-11,13-25,27-32H,12,26H2. The van der Waals surface area contributed by atoms with Crippen LogP contribution in [-0.2, 0) is 6.42 Å². The highest BCUT2D eigenvalue weighted by Crippen LogP contribution is 2.46. The van der Waals surface area contributed by atoms with Gasteiger partial charge in [0.05, 0.1) is 16.6 Å². The molecule has 0 spiro atoms. The van der Waals surface area contributed by atoms with Gasteiger partial charge in [-0.3, -0.25) is 0 Å². The molecule has 236 valence electrons. The third kappa shape index (κ3) is 4.35. The molecule has 1 aliphatic carbocycles. The van der Waals surface area contributed by atoms with Gasteiger partial charge in [-0.2, -0.15) is 0 Å². The summed E-state index contributed by atoms with van der Waals surface area (Å²) in [5, 5.41) is 3.89. The van der Waals surface area contributed by atoms with Crippen molar-refractivity contribution in [3.05, 3.63) is 187 Å². The van der Waals surface area contributed by atoms with Gasteiger partial charge in [0.15, 0.2) is 0 Å². The van der Waals surface area contributed by atoms with Crippen LogP contribution in [0.15, 0.2) is 176 Å². The van der Waals surface area contributed by atoms with Crippen LogP contribution in [0.5, 0.6) is 0 Å². The SMILES string of the molecule is C1=Cc2c(c3c(-c4ccccc4-c4ccccc4-c4cccc5c4c4ccccc4n5-c4ccccc4)cccc3n2-c2ccccc2)CC1. The number of benzene rings is 7. The van der Waals surface area contributed by atoms with Crippen LogP contribution in [0.4, 0.5) is 0 Å². The van der Waals surface area contributed by atoms with Crippen LogP contribution in [0.2, 0.25) is 0 Å². The molecule has 0 N–H and O–H groups in total. The number of aryl methyl sites for hydroxylation is 1. The van der Waals surface area contributed by atoms with E-state index in [1.807, 2.05) is 0 Å². The molecule has 0 saturated heterocycles. The molecule has 0 radical (unpaired) electrons. The van der Waals surface area contributed by atoms with E-state index in [2.05, 4.69) is 191 Å². The minimum absolute atomic E-state index is 1.03. The van der Waals surface area contributed by atoms with Crippen LogP contribution in [-0.4, -0.2) is 9.13 Å². The monoisotopic (exact) mass is 638 g/mol. The zero-order chi connectivity index (χ0) is 33.0. The first-order valence-electron chi connectivity index (χ1n) is 17.5. The van der Waals surface area contributed by atoms with E-state index in [9.17, 15) is 0 Å². The van der Waals surface area contributed by atoms with Gasteiger partial charge in [0.25, 0.3) is 0 Å². The number of allylic oxidation sites excluding steroid dienone is 1. The number of hydrogen-bond acceptors (Lipinski definition) is 0. The lowest BCUT2D eigenvalue weighted by atomic mass is 9.86. The fourth-order valence-corrected chi connectivity index (χ4v) is 8.37. The summed E-state index contributed by atoms with van der Waals surface area (Å²) in [5.74, 6) is 0. The quantitative estimate of drug-likeness (QED) is 0.178. The summed E-state index contributed by atoms with van der Waals surface area (Å²) in [7, 11) is 0. The zero-order valence-corrected chi connectivity index (χ0v) is 27.6. The van der Waals surface area contributed by atoms with Gasteiger partial charge in [-0.05, 0) is 100 Å². The van der Waals surface area contributed by atoms with Crippen LogP contribution in [0, 0.1) is 0 Å². The van der Waals surface area contributed by atoms with Crippen LogP contribution >= 0.6 is 0 Å². The summed E-state index contributed by atoms with van der Waals surface area (Å²) >= 11 is 0. The van der Waals surface area contributed by atoms with Gasteiger partial charge >= 0.3 is 0 Å². The van der Waals surface area contributed by atoms with Gasteiger partial charge in [-0.25, -0.2) is 0 Å². The lowest BCUT2D eigenvalue weighted by Gasteiger charge is -2.17. The Morgan fingerprint density at radius 3 is 1.46 bits per heavy atom. The van der Waals surface area contributed by atoms with Crippen molar-refractivity contribution < 1.29 is 0 Å². The highest BCUT2D eigenvalue weighted by molar-refractivity contribution is 6.17. The molecular weight excluding hydrogens is 605 g/mol. The Balaban J connectivity index is 1.23. The second-order valence-electron chi connectivity index (χ2n) is 13.2. The Morgan fingerprint density at radius 2 is 0.820 bits per heavy atom. The van der Waals surface area contributed by atoms with Crippen molar-refractivity contribution in [1.82, 2.24) is 9.13 Å². The molecule has 0 aliphatic heterocycles. The van der Waals surface area contributed by atoms with E-state index >= 15 is 0 Å². The molecular formula is C48H34N2. The lowest BCUT2D eigenvalue weighted by molar-refractivity contribution is 0.968. The molecule has 0 fully saturated rings. The third-order valence-electron chi connectivity index (χ3n) is 10.4. The number of para-hydroxylation sites is 3. The van der Waals surface area contributed by atoms with Crippen molar-refractivity contribution in [3.63, 3.8) is 0 Å². The first-order chi connectivity index (χ1) is 24.9. The summed E-state index contributed by atoms with van der Waals surface area (Å²) in [6.45, 7) is 0. The van der Waals surface area contributed by atoms with E-state index < -0.39 is 0 Å². The minimum Gasteiger partial charge on any atom is -0.310 e. The van der Waals surface area contributed by atoms with Crippen LogP contribution in [0.1, 0.15) is 17.7 Å². The zero-order valence-electron chi connectivity index (χ0n) is 27.6. The molecule has 10 rings (SSSR count). The topological polar surface area (TPSA) is 9.86 Å². The Labute approximate surface area is 291 Å². The van der Waals surface area contributed by atoms with Gasteiger partial charge in [0.1, 0.15) is 0 Å². The van der Waals surface area contributed by atoms with Crippen molar-refractivity contribution in [2.45, 2.75) is 12.8 Å². The van der Waals surface area contributed by atoms with E-state index in [0.717, 1.165) is 12.8 Å². The summed E-state index contributed by atoms with van der Waals surface area (Å²) in [5.41, 5.74) is 16.3. The predicted octanol–water partition coefficient (Wildman–Crippen LogP) is 12.7. The van der Waals surface area contributed by atoms with E-state index in [1.54, 1.807) is 0 Å². The van der Waals surface area contributed by atoms with E-state index in [-0.39, 0.29) is 0 Å². The van der Waals surface area contributed by atoms with Crippen molar-refractivity contribution >= 4 is 38.8 Å². The summed E-state index contributed by atoms with van der Waals surface area (Å²) in [6, 6.07) is 61.9. The van der Waals surface area contributed by atoms with E-state index in [4.69, 9.17) is 0 Å². The molecule has 2 heterocycles. The van der Waals surface area contributed by atoms with Crippen LogP contribution in [0.25, 0.3) is 83.5 Å². The summed E-state index contributed by atoms with van der Waals surface area (Å²) in [6.07, 6.45) is 6.73. The van der Waals surface area contributed by atoms with Crippen molar-refractivity contribution in [2.24, 2.45) is 0 Å². The molecule has 2 aromatic heterocycles. The maximum atomic E-state index is 2.45.